The molecule has 1 rings (SSSR count). The Kier molecular flexibility index (Phi) is 5.73. The summed E-state index contributed by atoms with van der Waals surface area (Å²) >= 11 is 1.82. The van der Waals surface area contributed by atoms with Crippen LogP contribution in [0.5, 0.6) is 0 Å². The lowest BCUT2D eigenvalue weighted by Crippen LogP contribution is -1.75. The van der Waals surface area contributed by atoms with Gasteiger partial charge in [-0.2, -0.15) is 0 Å². The summed E-state index contributed by atoms with van der Waals surface area (Å²) in [7, 11) is 0. The fourth-order valence-electron chi connectivity index (χ4n) is 1.16. The van der Waals surface area contributed by atoms with E-state index in [0.717, 1.165) is 6.42 Å². The third-order valence-electron chi connectivity index (χ3n) is 2.19. The minimum absolute atomic E-state index is 1.06. The molecule has 1 heteroatoms. The first-order valence-corrected chi connectivity index (χ1v) is 6.30. The van der Waals surface area contributed by atoms with Crippen LogP contribution in [0.4, 0.5) is 0 Å². The molecule has 0 fully saturated rings. The van der Waals surface area contributed by atoms with Gasteiger partial charge in [-0.15, -0.1) is 0 Å². The maximum absolute atomic E-state index is 3.74. The van der Waals surface area contributed by atoms with E-state index in [4.69, 9.17) is 0 Å². The Morgan fingerprint density at radius 3 is 2.50 bits per heavy atom. The number of hydrogen-bond donors (Lipinski definition) is 0. The fraction of sp³-hybridized carbons (Fsp3) is 0.200. The summed E-state index contributed by atoms with van der Waals surface area (Å²) in [5.41, 5.74) is 1.19. The highest BCUT2D eigenvalue weighted by atomic mass is 32.2. The van der Waals surface area contributed by atoms with Gasteiger partial charge in [-0.25, -0.2) is 0 Å². The van der Waals surface area contributed by atoms with Gasteiger partial charge in [-0.05, 0) is 30.4 Å². The summed E-state index contributed by atoms with van der Waals surface area (Å²) in [6.07, 6.45) is 7.22. The van der Waals surface area contributed by atoms with Crippen LogP contribution >= 0.6 is 11.8 Å². The van der Waals surface area contributed by atoms with E-state index in [1.165, 1.54) is 15.4 Å². The topological polar surface area (TPSA) is 0 Å². The Balaban J connectivity index is 2.73. The predicted octanol–water partition coefficient (Wildman–Crippen LogP) is 5.20. The van der Waals surface area contributed by atoms with Crippen LogP contribution in [0.3, 0.4) is 0 Å². The van der Waals surface area contributed by atoms with E-state index in [2.05, 4.69) is 56.8 Å². The standard InChI is InChI=1S/C15H18S/c1-4-13(3)11-12-14(5-2)16-15-9-7-6-8-10-15/h4,6-12H,1,5H2,2-3H3/b13-11-,14-12+. The zero-order chi connectivity index (χ0) is 11.8. The molecule has 0 bridgehead atoms. The Labute approximate surface area is 103 Å². The highest BCUT2D eigenvalue weighted by Gasteiger charge is 1.96. The van der Waals surface area contributed by atoms with E-state index >= 15 is 0 Å². The van der Waals surface area contributed by atoms with Gasteiger partial charge in [0, 0.05) is 4.90 Å². The Morgan fingerprint density at radius 2 is 1.94 bits per heavy atom. The lowest BCUT2D eigenvalue weighted by molar-refractivity contribution is 1.19. The van der Waals surface area contributed by atoms with Crippen molar-refractivity contribution in [1.82, 2.24) is 0 Å². The van der Waals surface area contributed by atoms with Gasteiger partial charge in [0.1, 0.15) is 0 Å². The molecule has 0 aliphatic carbocycles. The molecule has 0 heterocycles. The van der Waals surface area contributed by atoms with Gasteiger partial charge in [0.05, 0.1) is 0 Å². The van der Waals surface area contributed by atoms with Crippen LogP contribution in [0.1, 0.15) is 20.3 Å². The third-order valence-corrected chi connectivity index (χ3v) is 3.39. The van der Waals surface area contributed by atoms with E-state index in [1.54, 1.807) is 0 Å². The largest absolute Gasteiger partial charge is 0.0988 e. The Morgan fingerprint density at radius 1 is 1.25 bits per heavy atom. The van der Waals surface area contributed by atoms with E-state index in [9.17, 15) is 0 Å². The normalized spacial score (nSPS) is 12.6. The number of allylic oxidation sites excluding steroid dienone is 5. The van der Waals surface area contributed by atoms with Crippen molar-refractivity contribution in [3.63, 3.8) is 0 Å². The number of thioether (sulfide) groups is 1. The number of rotatable bonds is 5. The molecule has 0 spiro atoms. The summed E-state index contributed by atoms with van der Waals surface area (Å²) in [5.74, 6) is 0. The van der Waals surface area contributed by atoms with Crippen LogP contribution < -0.4 is 0 Å². The summed E-state index contributed by atoms with van der Waals surface area (Å²) < 4.78 is 0. The highest BCUT2D eigenvalue weighted by molar-refractivity contribution is 8.03. The maximum atomic E-state index is 3.74. The molecule has 0 unspecified atom stereocenters. The molecule has 0 saturated heterocycles. The molecular formula is C15H18S. The Hall–Kier alpha value is -1.21. The minimum Gasteiger partial charge on any atom is -0.0988 e. The molecule has 0 N–H and O–H groups in total. The molecular weight excluding hydrogens is 212 g/mol. The van der Waals surface area contributed by atoms with Gasteiger partial charge in [-0.3, -0.25) is 0 Å². The number of hydrogen-bond acceptors (Lipinski definition) is 1. The minimum atomic E-state index is 1.06. The molecule has 1 aromatic carbocycles. The first-order valence-electron chi connectivity index (χ1n) is 5.49. The van der Waals surface area contributed by atoms with Gasteiger partial charge < -0.3 is 0 Å². The SMILES string of the molecule is C=C/C(C)=C\C=C(/CC)Sc1ccccc1. The van der Waals surface area contributed by atoms with Crippen LogP contribution in [0.25, 0.3) is 0 Å². The number of benzene rings is 1. The first-order chi connectivity index (χ1) is 7.76. The maximum Gasteiger partial charge on any atom is 0.0119 e. The van der Waals surface area contributed by atoms with Crippen molar-refractivity contribution in [3.8, 4) is 0 Å². The quantitative estimate of drug-likeness (QED) is 0.494. The van der Waals surface area contributed by atoms with Crippen molar-refractivity contribution in [2.45, 2.75) is 25.2 Å². The molecule has 0 aliphatic rings. The summed E-state index contributed by atoms with van der Waals surface area (Å²) in [4.78, 5) is 2.66. The second kappa shape index (κ2) is 7.13. The van der Waals surface area contributed by atoms with E-state index in [0.29, 0.717) is 0 Å². The molecule has 0 amide bonds. The van der Waals surface area contributed by atoms with Gasteiger partial charge in [0.25, 0.3) is 0 Å². The predicted molar refractivity (Wildman–Crippen MR) is 74.6 cm³/mol. The summed E-state index contributed by atoms with van der Waals surface area (Å²) in [5, 5.41) is 0. The van der Waals surface area contributed by atoms with Crippen molar-refractivity contribution in [2.75, 3.05) is 0 Å². The summed E-state index contributed by atoms with van der Waals surface area (Å²) in [6.45, 7) is 7.98. The van der Waals surface area contributed by atoms with Crippen molar-refractivity contribution in [1.29, 1.82) is 0 Å². The third kappa shape index (κ3) is 4.54. The van der Waals surface area contributed by atoms with Crippen molar-refractivity contribution in [2.24, 2.45) is 0 Å². The second-order valence-corrected chi connectivity index (χ2v) is 4.72. The monoisotopic (exact) mass is 230 g/mol. The van der Waals surface area contributed by atoms with Crippen LogP contribution in [0.15, 0.2) is 70.5 Å². The van der Waals surface area contributed by atoms with Gasteiger partial charge in [-0.1, -0.05) is 67.3 Å². The van der Waals surface area contributed by atoms with Gasteiger partial charge in [0.15, 0.2) is 0 Å². The lowest BCUT2D eigenvalue weighted by Gasteiger charge is -2.03. The highest BCUT2D eigenvalue weighted by Crippen LogP contribution is 2.28. The average molecular weight is 230 g/mol. The van der Waals surface area contributed by atoms with Crippen LogP contribution in [-0.2, 0) is 0 Å². The molecule has 0 saturated carbocycles. The molecule has 0 atom stereocenters. The average Bonchev–Trinajstić information content (AvgIpc) is 2.35. The first kappa shape index (κ1) is 12.9. The smallest absolute Gasteiger partial charge is 0.0119 e. The molecule has 0 aromatic heterocycles. The molecule has 16 heavy (non-hydrogen) atoms. The zero-order valence-electron chi connectivity index (χ0n) is 9.94. The molecule has 1 aromatic rings. The fourth-order valence-corrected chi connectivity index (χ4v) is 2.03. The van der Waals surface area contributed by atoms with Gasteiger partial charge >= 0.3 is 0 Å². The molecule has 0 nitrogen and oxygen atoms in total. The molecule has 84 valence electrons. The van der Waals surface area contributed by atoms with Crippen molar-refractivity contribution >= 4 is 11.8 Å². The van der Waals surface area contributed by atoms with Crippen LogP contribution in [-0.4, -0.2) is 0 Å². The van der Waals surface area contributed by atoms with Crippen molar-refractivity contribution < 1.29 is 0 Å². The van der Waals surface area contributed by atoms with E-state index < -0.39 is 0 Å². The van der Waals surface area contributed by atoms with Crippen molar-refractivity contribution in [3.05, 3.63) is 65.6 Å². The summed E-state index contributed by atoms with van der Waals surface area (Å²) in [6, 6.07) is 10.5. The molecule has 0 aliphatic heterocycles. The zero-order valence-corrected chi connectivity index (χ0v) is 10.8. The second-order valence-electron chi connectivity index (χ2n) is 3.52. The van der Waals surface area contributed by atoms with Crippen LogP contribution in [0, 0.1) is 0 Å². The molecule has 0 radical (unpaired) electrons. The van der Waals surface area contributed by atoms with Crippen LogP contribution in [0.2, 0.25) is 0 Å². The lowest BCUT2D eigenvalue weighted by atomic mass is 10.2. The Bertz CT molecular complexity index is 385. The van der Waals surface area contributed by atoms with E-state index in [-0.39, 0.29) is 0 Å². The van der Waals surface area contributed by atoms with Gasteiger partial charge in [0.2, 0.25) is 0 Å². The van der Waals surface area contributed by atoms with E-state index in [1.807, 2.05) is 23.9 Å².